The number of amides is 1. The number of carbonyl (C=O) groups is 1. The van der Waals surface area contributed by atoms with E-state index in [0.29, 0.717) is 0 Å². The van der Waals surface area contributed by atoms with Gasteiger partial charge in [-0.15, -0.1) is 0 Å². The van der Waals surface area contributed by atoms with E-state index in [1.165, 1.54) is 19.2 Å². The van der Waals surface area contributed by atoms with Gasteiger partial charge in [0.05, 0.1) is 25.1 Å². The molecule has 0 saturated carbocycles. The summed E-state index contributed by atoms with van der Waals surface area (Å²) in [6.45, 7) is 0.356. The average molecular weight is 476 g/mol. The highest BCUT2D eigenvalue weighted by Crippen LogP contribution is 2.29. The maximum absolute atomic E-state index is 13.0. The molecule has 1 aromatic heterocycles. The molecule has 1 amide bonds. The average Bonchev–Trinajstić information content (AvgIpc) is 2.78. The molecule has 0 aliphatic heterocycles. The summed E-state index contributed by atoms with van der Waals surface area (Å²) in [5.41, 5.74) is -1.47. The minimum absolute atomic E-state index is 0.0191. The summed E-state index contributed by atoms with van der Waals surface area (Å²) in [4.78, 5) is 39.9. The summed E-state index contributed by atoms with van der Waals surface area (Å²) in [6.07, 6.45) is -4.94. The number of aromatic nitrogens is 2. The number of rotatable bonds is 9. The molecular weight excluding hydrogens is 453 g/mol. The number of anilines is 2. The molecule has 2 aromatic carbocycles. The molecule has 3 aromatic rings. The Morgan fingerprint density at radius 1 is 1.06 bits per heavy atom. The Hall–Kier alpha value is -3.86. The van der Waals surface area contributed by atoms with E-state index in [1.807, 2.05) is 30.3 Å². The first-order chi connectivity index (χ1) is 16.2. The molecule has 0 bridgehead atoms. The molecule has 0 unspecified atom stereocenters. The van der Waals surface area contributed by atoms with Gasteiger partial charge in [-0.3, -0.25) is 19.1 Å². The number of alkyl halides is 3. The largest absolute Gasteiger partial charge is 0.416 e. The second-order valence-corrected chi connectivity index (χ2v) is 7.39. The molecule has 1 heterocycles. The molecule has 0 saturated heterocycles. The third-order valence-corrected chi connectivity index (χ3v) is 4.91. The van der Waals surface area contributed by atoms with Crippen molar-refractivity contribution < 1.29 is 22.7 Å². The van der Waals surface area contributed by atoms with Gasteiger partial charge in [-0.1, -0.05) is 48.5 Å². The smallest absolute Gasteiger partial charge is 0.383 e. The topological polar surface area (TPSA) is 105 Å². The Labute approximate surface area is 192 Å². The van der Waals surface area contributed by atoms with Gasteiger partial charge in [-0.25, -0.2) is 4.79 Å². The second-order valence-electron chi connectivity index (χ2n) is 7.39. The standard InChI is InChI=1S/C23H23F3N4O4/c1-34-11-10-30-20(28-18(31)13-16-8-5-9-17(12-16)23(24,25)26)19(21(32)29-22(30)33)27-14-15-6-3-2-4-7-15/h2-9,12,27H,10-11,13-14H2,1H3,(H,28,31)(H,29,32,33). The van der Waals surface area contributed by atoms with Crippen molar-refractivity contribution >= 4 is 17.4 Å². The van der Waals surface area contributed by atoms with Crippen molar-refractivity contribution in [3.63, 3.8) is 0 Å². The van der Waals surface area contributed by atoms with Crippen molar-refractivity contribution in [1.29, 1.82) is 0 Å². The molecule has 11 heteroatoms. The third-order valence-electron chi connectivity index (χ3n) is 4.91. The lowest BCUT2D eigenvalue weighted by molar-refractivity contribution is -0.137. The number of hydrogen-bond donors (Lipinski definition) is 3. The Kier molecular flexibility index (Phi) is 7.90. The van der Waals surface area contributed by atoms with Gasteiger partial charge in [-0.05, 0) is 17.2 Å². The van der Waals surface area contributed by atoms with Gasteiger partial charge < -0.3 is 15.4 Å². The summed E-state index contributed by atoms with van der Waals surface area (Å²) in [5, 5.41) is 5.45. The molecule has 0 spiro atoms. The number of nitrogens with zero attached hydrogens (tertiary/aromatic N) is 1. The number of ether oxygens (including phenoxy) is 1. The van der Waals surface area contributed by atoms with Crippen molar-refractivity contribution in [3.05, 3.63) is 92.1 Å². The number of carbonyl (C=O) groups excluding carboxylic acids is 1. The lowest BCUT2D eigenvalue weighted by Gasteiger charge is -2.18. The Bertz CT molecular complexity index is 1250. The van der Waals surface area contributed by atoms with Crippen LogP contribution in [0.4, 0.5) is 24.7 Å². The predicted molar refractivity (Wildman–Crippen MR) is 121 cm³/mol. The molecule has 3 rings (SSSR count). The van der Waals surface area contributed by atoms with Gasteiger partial charge in [0.2, 0.25) is 5.91 Å². The molecule has 34 heavy (non-hydrogen) atoms. The van der Waals surface area contributed by atoms with Crippen LogP contribution in [0, 0.1) is 0 Å². The maximum atomic E-state index is 13.0. The molecule has 8 nitrogen and oxygen atoms in total. The minimum Gasteiger partial charge on any atom is -0.383 e. The van der Waals surface area contributed by atoms with E-state index in [2.05, 4.69) is 15.6 Å². The van der Waals surface area contributed by atoms with Crippen molar-refractivity contribution in [1.82, 2.24) is 9.55 Å². The van der Waals surface area contributed by atoms with E-state index in [0.717, 1.165) is 22.3 Å². The normalized spacial score (nSPS) is 11.3. The first-order valence-electron chi connectivity index (χ1n) is 10.3. The summed E-state index contributed by atoms with van der Waals surface area (Å²) >= 11 is 0. The highest BCUT2D eigenvalue weighted by Gasteiger charge is 2.30. The van der Waals surface area contributed by atoms with Crippen LogP contribution < -0.4 is 21.9 Å². The minimum atomic E-state index is -4.55. The van der Waals surface area contributed by atoms with E-state index < -0.39 is 35.3 Å². The van der Waals surface area contributed by atoms with Gasteiger partial charge in [0, 0.05) is 13.7 Å². The molecule has 0 aliphatic rings. The third kappa shape index (κ3) is 6.35. The number of halogens is 3. The highest BCUT2D eigenvalue weighted by molar-refractivity contribution is 5.94. The quantitative estimate of drug-likeness (QED) is 0.441. The van der Waals surface area contributed by atoms with Crippen LogP contribution in [0.25, 0.3) is 0 Å². The number of methoxy groups -OCH3 is 1. The van der Waals surface area contributed by atoms with Crippen LogP contribution in [0.2, 0.25) is 0 Å². The summed E-state index contributed by atoms with van der Waals surface area (Å²) < 4.78 is 45.1. The van der Waals surface area contributed by atoms with E-state index >= 15 is 0 Å². The van der Waals surface area contributed by atoms with Crippen LogP contribution in [-0.2, 0) is 35.2 Å². The monoisotopic (exact) mass is 476 g/mol. The summed E-state index contributed by atoms with van der Waals surface area (Å²) in [6, 6.07) is 13.5. The molecule has 0 radical (unpaired) electrons. The van der Waals surface area contributed by atoms with Crippen LogP contribution in [0.5, 0.6) is 0 Å². The van der Waals surface area contributed by atoms with Crippen molar-refractivity contribution in [2.75, 3.05) is 24.4 Å². The molecular formula is C23H23F3N4O4. The number of aromatic amines is 1. The van der Waals surface area contributed by atoms with Gasteiger partial charge in [-0.2, -0.15) is 13.2 Å². The molecule has 0 aliphatic carbocycles. The van der Waals surface area contributed by atoms with E-state index in [-0.39, 0.29) is 36.8 Å². The van der Waals surface area contributed by atoms with Gasteiger partial charge in [0.15, 0.2) is 0 Å². The molecule has 0 fully saturated rings. The van der Waals surface area contributed by atoms with Crippen LogP contribution in [0.15, 0.2) is 64.2 Å². The van der Waals surface area contributed by atoms with Crippen LogP contribution in [0.1, 0.15) is 16.7 Å². The molecule has 0 atom stereocenters. The van der Waals surface area contributed by atoms with Crippen molar-refractivity contribution in [2.24, 2.45) is 0 Å². The SMILES string of the molecule is COCCn1c(NC(=O)Cc2cccc(C(F)(F)F)c2)c(NCc2ccccc2)c(=O)[nH]c1=O. The van der Waals surface area contributed by atoms with E-state index in [1.54, 1.807) is 0 Å². The number of hydrogen-bond acceptors (Lipinski definition) is 5. The number of H-pyrrole nitrogens is 1. The molecule has 180 valence electrons. The Morgan fingerprint density at radius 3 is 2.44 bits per heavy atom. The zero-order valence-corrected chi connectivity index (χ0v) is 18.2. The summed E-state index contributed by atoms with van der Waals surface area (Å²) in [5.74, 6) is -0.794. The van der Waals surface area contributed by atoms with Crippen molar-refractivity contribution in [2.45, 2.75) is 25.7 Å². The first kappa shape index (κ1) is 24.8. The molecule has 3 N–H and O–H groups in total. The first-order valence-corrected chi connectivity index (χ1v) is 10.3. The summed E-state index contributed by atoms with van der Waals surface area (Å²) in [7, 11) is 1.43. The van der Waals surface area contributed by atoms with Gasteiger partial charge in [0.25, 0.3) is 5.56 Å². The maximum Gasteiger partial charge on any atom is 0.416 e. The zero-order valence-electron chi connectivity index (χ0n) is 18.2. The number of benzene rings is 2. The van der Waals surface area contributed by atoms with E-state index in [9.17, 15) is 27.6 Å². The lowest BCUT2D eigenvalue weighted by atomic mass is 10.1. The van der Waals surface area contributed by atoms with Crippen LogP contribution in [-0.4, -0.2) is 29.2 Å². The number of nitrogens with one attached hydrogen (secondary N) is 3. The fourth-order valence-corrected chi connectivity index (χ4v) is 3.27. The fourth-order valence-electron chi connectivity index (χ4n) is 3.27. The highest BCUT2D eigenvalue weighted by atomic mass is 19.4. The van der Waals surface area contributed by atoms with E-state index in [4.69, 9.17) is 4.74 Å². The van der Waals surface area contributed by atoms with Crippen LogP contribution >= 0.6 is 0 Å². The van der Waals surface area contributed by atoms with Crippen LogP contribution in [0.3, 0.4) is 0 Å². The predicted octanol–water partition coefficient (Wildman–Crippen LogP) is 3.00. The Morgan fingerprint density at radius 2 is 1.76 bits per heavy atom. The van der Waals surface area contributed by atoms with Gasteiger partial charge in [0.1, 0.15) is 11.5 Å². The zero-order chi connectivity index (χ0) is 24.7. The fraction of sp³-hybridized carbons (Fsp3) is 0.261. The second kappa shape index (κ2) is 10.8. The Balaban J connectivity index is 1.91. The van der Waals surface area contributed by atoms with Crippen molar-refractivity contribution in [3.8, 4) is 0 Å². The van der Waals surface area contributed by atoms with Gasteiger partial charge >= 0.3 is 11.9 Å². The lowest BCUT2D eigenvalue weighted by Crippen LogP contribution is -2.36.